The molecule has 1 aliphatic heterocycles. The number of aryl methyl sites for hydroxylation is 2. The Morgan fingerprint density at radius 2 is 2.22 bits per heavy atom. The van der Waals surface area contributed by atoms with Crippen LogP contribution in [0, 0.1) is 20.8 Å². The van der Waals surface area contributed by atoms with Crippen LogP contribution in [0.15, 0.2) is 0 Å². The molecule has 2 rings (SSSR count). The van der Waals surface area contributed by atoms with E-state index in [4.69, 9.17) is 4.74 Å². The summed E-state index contributed by atoms with van der Waals surface area (Å²) >= 11 is 0. The minimum atomic E-state index is 0.556. The number of hydrogen-bond acceptors (Lipinski definition) is 3. The minimum Gasteiger partial charge on any atom is -0.380 e. The molecule has 2 heterocycles. The Balaban J connectivity index is 1.70. The molecule has 1 fully saturated rings. The van der Waals surface area contributed by atoms with E-state index < -0.39 is 0 Å². The van der Waals surface area contributed by atoms with Crippen LogP contribution >= 0.6 is 0 Å². The van der Waals surface area contributed by atoms with Gasteiger partial charge in [0.15, 0.2) is 0 Å². The van der Waals surface area contributed by atoms with Crippen molar-refractivity contribution < 1.29 is 4.74 Å². The van der Waals surface area contributed by atoms with Gasteiger partial charge in [0.1, 0.15) is 0 Å². The first-order valence-electron chi connectivity index (χ1n) is 7.00. The molecule has 0 saturated carbocycles. The Morgan fingerprint density at radius 3 is 2.83 bits per heavy atom. The quantitative estimate of drug-likeness (QED) is 0.813. The second-order valence-corrected chi connectivity index (χ2v) is 5.24. The van der Waals surface area contributed by atoms with Crippen LogP contribution in [0.25, 0.3) is 0 Å². The van der Waals surface area contributed by atoms with Crippen molar-refractivity contribution in [3.8, 4) is 0 Å². The molecule has 0 aromatic carbocycles. The molecule has 0 aliphatic carbocycles. The zero-order valence-corrected chi connectivity index (χ0v) is 11.8. The molecule has 0 bridgehead atoms. The lowest BCUT2D eigenvalue weighted by atomic mass is 10.1. The summed E-state index contributed by atoms with van der Waals surface area (Å²) in [5, 5.41) is 8.12. The normalized spacial score (nSPS) is 20.3. The second-order valence-electron chi connectivity index (χ2n) is 5.24. The van der Waals surface area contributed by atoms with E-state index in [0.717, 1.165) is 38.4 Å². The largest absolute Gasteiger partial charge is 0.380 e. The van der Waals surface area contributed by atoms with Gasteiger partial charge in [0.25, 0.3) is 0 Å². The molecule has 18 heavy (non-hydrogen) atoms. The van der Waals surface area contributed by atoms with Crippen molar-refractivity contribution in [2.24, 2.45) is 0 Å². The molecule has 102 valence electrons. The maximum atomic E-state index is 5.46. The fraction of sp³-hybridized carbons (Fsp3) is 0.786. The van der Waals surface area contributed by atoms with Crippen molar-refractivity contribution in [3.63, 3.8) is 0 Å². The minimum absolute atomic E-state index is 0.556. The molecule has 4 nitrogen and oxygen atoms in total. The summed E-state index contributed by atoms with van der Waals surface area (Å²) in [5.74, 6) is 0. The lowest BCUT2D eigenvalue weighted by Gasteiger charge is -2.23. The van der Waals surface area contributed by atoms with Gasteiger partial charge < -0.3 is 10.1 Å². The summed E-state index contributed by atoms with van der Waals surface area (Å²) in [4.78, 5) is 0. The van der Waals surface area contributed by atoms with Crippen molar-refractivity contribution >= 4 is 0 Å². The molecule has 0 spiro atoms. The van der Waals surface area contributed by atoms with E-state index in [2.05, 4.69) is 35.9 Å². The van der Waals surface area contributed by atoms with Crippen molar-refractivity contribution in [2.45, 2.75) is 52.6 Å². The van der Waals surface area contributed by atoms with Crippen LogP contribution in [0.2, 0.25) is 0 Å². The van der Waals surface area contributed by atoms with Crippen LogP contribution in [-0.2, 0) is 11.3 Å². The summed E-state index contributed by atoms with van der Waals surface area (Å²) < 4.78 is 7.58. The number of rotatable bonds is 5. The van der Waals surface area contributed by atoms with Gasteiger partial charge in [-0.1, -0.05) is 0 Å². The lowest BCUT2D eigenvalue weighted by molar-refractivity contribution is 0.0704. The fourth-order valence-electron chi connectivity index (χ4n) is 2.44. The van der Waals surface area contributed by atoms with E-state index in [0.29, 0.717) is 6.04 Å². The highest BCUT2D eigenvalue weighted by Crippen LogP contribution is 2.11. The number of ether oxygens (including phenoxy) is 1. The van der Waals surface area contributed by atoms with Gasteiger partial charge in [0.05, 0.1) is 12.3 Å². The van der Waals surface area contributed by atoms with Gasteiger partial charge in [0, 0.05) is 24.9 Å². The van der Waals surface area contributed by atoms with Gasteiger partial charge in [-0.3, -0.25) is 4.68 Å². The van der Waals surface area contributed by atoms with Crippen LogP contribution in [0.1, 0.15) is 36.2 Å². The Bertz CT molecular complexity index is 381. The monoisotopic (exact) mass is 251 g/mol. The molecule has 1 atom stereocenters. The van der Waals surface area contributed by atoms with Crippen LogP contribution < -0.4 is 5.32 Å². The molecule has 1 saturated heterocycles. The maximum absolute atomic E-state index is 5.46. The average Bonchev–Trinajstić information content (AvgIpc) is 2.64. The van der Waals surface area contributed by atoms with Gasteiger partial charge in [-0.2, -0.15) is 5.10 Å². The van der Waals surface area contributed by atoms with E-state index in [1.165, 1.54) is 24.1 Å². The summed E-state index contributed by atoms with van der Waals surface area (Å²) in [5.41, 5.74) is 3.78. The predicted octanol–water partition coefficient (Wildman–Crippen LogP) is 1.97. The Kier molecular flexibility index (Phi) is 4.78. The molecule has 4 heteroatoms. The Hall–Kier alpha value is -0.870. The standard InChI is InChI=1S/C14H25N3O/c1-11-12(2)16-17(13(11)3)8-5-7-15-14-6-4-9-18-10-14/h14-15H,4-10H2,1-3H3/t14-/m0/s1. The van der Waals surface area contributed by atoms with Crippen molar-refractivity contribution in [2.75, 3.05) is 19.8 Å². The molecular formula is C14H25N3O. The van der Waals surface area contributed by atoms with Gasteiger partial charge in [-0.05, 0) is 52.1 Å². The third-order valence-electron chi connectivity index (χ3n) is 3.88. The molecule has 0 radical (unpaired) electrons. The summed E-state index contributed by atoms with van der Waals surface area (Å²) in [7, 11) is 0. The lowest BCUT2D eigenvalue weighted by Crippen LogP contribution is -2.37. The third-order valence-corrected chi connectivity index (χ3v) is 3.88. The molecule has 1 aromatic heterocycles. The SMILES string of the molecule is Cc1nn(CCCN[C@H]2CCCOC2)c(C)c1C. The zero-order chi connectivity index (χ0) is 13.0. The Labute approximate surface area is 110 Å². The highest BCUT2D eigenvalue weighted by atomic mass is 16.5. The first kappa shape index (κ1) is 13.6. The smallest absolute Gasteiger partial charge is 0.0625 e. The molecule has 1 aromatic rings. The topological polar surface area (TPSA) is 39.1 Å². The number of nitrogens with one attached hydrogen (secondary N) is 1. The van der Waals surface area contributed by atoms with Crippen molar-refractivity contribution in [3.05, 3.63) is 17.0 Å². The maximum Gasteiger partial charge on any atom is 0.0625 e. The van der Waals surface area contributed by atoms with Crippen molar-refractivity contribution in [1.82, 2.24) is 15.1 Å². The van der Waals surface area contributed by atoms with Crippen molar-refractivity contribution in [1.29, 1.82) is 0 Å². The molecule has 1 N–H and O–H groups in total. The number of aromatic nitrogens is 2. The van der Waals surface area contributed by atoms with Gasteiger partial charge in [-0.15, -0.1) is 0 Å². The van der Waals surface area contributed by atoms with E-state index in [1.54, 1.807) is 0 Å². The Morgan fingerprint density at radius 1 is 1.39 bits per heavy atom. The molecule has 0 amide bonds. The van der Waals surface area contributed by atoms with Crippen LogP contribution in [0.4, 0.5) is 0 Å². The summed E-state index contributed by atoms with van der Waals surface area (Å²) in [6, 6.07) is 0.556. The van der Waals surface area contributed by atoms with Crippen LogP contribution in [0.5, 0.6) is 0 Å². The highest BCUT2D eigenvalue weighted by Gasteiger charge is 2.12. The average molecular weight is 251 g/mol. The first-order valence-corrected chi connectivity index (χ1v) is 7.00. The van der Waals surface area contributed by atoms with Gasteiger partial charge in [-0.25, -0.2) is 0 Å². The zero-order valence-electron chi connectivity index (χ0n) is 11.8. The van der Waals surface area contributed by atoms with E-state index in [9.17, 15) is 0 Å². The van der Waals surface area contributed by atoms with Gasteiger partial charge in [0.2, 0.25) is 0 Å². The predicted molar refractivity (Wildman–Crippen MR) is 72.9 cm³/mol. The van der Waals surface area contributed by atoms with Crippen LogP contribution in [-0.4, -0.2) is 35.6 Å². The third kappa shape index (κ3) is 3.33. The first-order chi connectivity index (χ1) is 8.68. The van der Waals surface area contributed by atoms with E-state index in [1.807, 2.05) is 0 Å². The molecule has 0 unspecified atom stereocenters. The van der Waals surface area contributed by atoms with E-state index >= 15 is 0 Å². The fourth-order valence-corrected chi connectivity index (χ4v) is 2.44. The second kappa shape index (κ2) is 6.34. The number of nitrogens with zero attached hydrogens (tertiary/aromatic N) is 2. The molecular weight excluding hydrogens is 226 g/mol. The van der Waals surface area contributed by atoms with E-state index in [-0.39, 0.29) is 0 Å². The van der Waals surface area contributed by atoms with Crippen LogP contribution in [0.3, 0.4) is 0 Å². The molecule has 1 aliphatic rings. The van der Waals surface area contributed by atoms with Gasteiger partial charge >= 0.3 is 0 Å². The highest BCUT2D eigenvalue weighted by molar-refractivity contribution is 5.21. The summed E-state index contributed by atoms with van der Waals surface area (Å²) in [6.07, 6.45) is 3.56. The summed E-state index contributed by atoms with van der Waals surface area (Å²) in [6.45, 7) is 10.2. The number of hydrogen-bond donors (Lipinski definition) is 1.